The average molecular weight is 405 g/mol. The Hall–Kier alpha value is -2.32. The van der Waals surface area contributed by atoms with Crippen LogP contribution in [0.1, 0.15) is 39.7 Å². The van der Waals surface area contributed by atoms with E-state index in [1.165, 1.54) is 18.4 Å². The quantitative estimate of drug-likeness (QED) is 0.506. The molecule has 1 N–H and O–H groups in total. The van der Waals surface area contributed by atoms with E-state index in [0.29, 0.717) is 27.4 Å². The molecule has 0 aliphatic rings. The number of esters is 1. The third kappa shape index (κ3) is 3.72. The number of aromatic amines is 1. The molecule has 0 aliphatic carbocycles. The fourth-order valence-corrected chi connectivity index (χ4v) is 4.18. The summed E-state index contributed by atoms with van der Waals surface area (Å²) < 4.78 is 10.8. The number of nitrogens with zero attached hydrogens (tertiary/aromatic N) is 1. The van der Waals surface area contributed by atoms with Gasteiger partial charge in [-0.15, -0.1) is 23.1 Å². The molecule has 3 aromatic rings. The Kier molecular flexibility index (Phi) is 5.57. The number of hydrogen-bond donors (Lipinski definition) is 1. The van der Waals surface area contributed by atoms with Crippen molar-refractivity contribution in [2.24, 2.45) is 0 Å². The van der Waals surface area contributed by atoms with Crippen LogP contribution in [0.2, 0.25) is 0 Å². The van der Waals surface area contributed by atoms with Crippen LogP contribution in [0.25, 0.3) is 10.2 Å². The van der Waals surface area contributed by atoms with Crippen LogP contribution in [0.5, 0.6) is 5.75 Å². The number of carbonyl (C=O) groups is 1. The van der Waals surface area contributed by atoms with Gasteiger partial charge in [0.15, 0.2) is 11.9 Å². The number of ether oxygens (including phenoxy) is 2. The fraction of sp³-hybridized carbons (Fsp3) is 0.316. The van der Waals surface area contributed by atoms with Crippen molar-refractivity contribution in [2.75, 3.05) is 13.4 Å². The number of benzene rings is 1. The van der Waals surface area contributed by atoms with Crippen molar-refractivity contribution in [3.05, 3.63) is 50.4 Å². The van der Waals surface area contributed by atoms with Crippen molar-refractivity contribution in [1.29, 1.82) is 0 Å². The summed E-state index contributed by atoms with van der Waals surface area (Å²) in [5, 5.41) is 0.592. The Morgan fingerprint density at radius 3 is 2.74 bits per heavy atom. The van der Waals surface area contributed by atoms with Gasteiger partial charge in [0.1, 0.15) is 16.1 Å². The highest BCUT2D eigenvalue weighted by Gasteiger charge is 2.21. The number of thioether (sulfide) groups is 1. The van der Waals surface area contributed by atoms with Gasteiger partial charge < -0.3 is 14.5 Å². The topological polar surface area (TPSA) is 81.3 Å². The molecular formula is C19H20N2O4S2. The molecule has 1 atom stereocenters. The minimum atomic E-state index is -0.706. The molecule has 142 valence electrons. The third-order valence-electron chi connectivity index (χ3n) is 4.35. The summed E-state index contributed by atoms with van der Waals surface area (Å²) in [5.41, 5.74) is 1.04. The van der Waals surface area contributed by atoms with E-state index in [-0.39, 0.29) is 5.56 Å². The summed E-state index contributed by atoms with van der Waals surface area (Å²) in [6.45, 7) is 5.53. The number of H-pyrrole nitrogens is 1. The Balaban J connectivity index is 1.89. The van der Waals surface area contributed by atoms with Gasteiger partial charge in [-0.1, -0.05) is 0 Å². The monoisotopic (exact) mass is 404 g/mol. The first-order valence-electron chi connectivity index (χ1n) is 8.28. The molecule has 3 rings (SSSR count). The second-order valence-electron chi connectivity index (χ2n) is 6.03. The van der Waals surface area contributed by atoms with Crippen LogP contribution < -0.4 is 10.3 Å². The molecule has 0 fully saturated rings. The molecule has 0 unspecified atom stereocenters. The SMILES string of the molecule is COc1cc(SC)ccc1C(=O)O[C@H](C)c1nc2sc(C)c(C)c2c(=O)[nH]1. The smallest absolute Gasteiger partial charge is 0.342 e. The number of nitrogens with one attached hydrogen (secondary N) is 1. The fourth-order valence-electron chi connectivity index (χ4n) is 2.71. The molecule has 27 heavy (non-hydrogen) atoms. The Labute approximate surface area is 164 Å². The predicted octanol–water partition coefficient (Wildman–Crippen LogP) is 4.25. The van der Waals surface area contributed by atoms with E-state index < -0.39 is 12.1 Å². The highest BCUT2D eigenvalue weighted by atomic mass is 32.2. The van der Waals surface area contributed by atoms with E-state index in [0.717, 1.165) is 15.3 Å². The van der Waals surface area contributed by atoms with Crippen LogP contribution in [0.3, 0.4) is 0 Å². The second kappa shape index (κ2) is 7.74. The maximum atomic E-state index is 12.6. The van der Waals surface area contributed by atoms with Gasteiger partial charge >= 0.3 is 5.97 Å². The Bertz CT molecular complexity index is 1070. The summed E-state index contributed by atoms with van der Waals surface area (Å²) >= 11 is 3.01. The molecule has 8 heteroatoms. The number of hydrogen-bond acceptors (Lipinski definition) is 7. The maximum absolute atomic E-state index is 12.6. The molecule has 1 aromatic carbocycles. The van der Waals surface area contributed by atoms with E-state index in [4.69, 9.17) is 9.47 Å². The first kappa shape index (κ1) is 19.4. The number of rotatable bonds is 5. The van der Waals surface area contributed by atoms with Gasteiger partial charge in [0, 0.05) is 9.77 Å². The number of fused-ring (bicyclic) bond motifs is 1. The van der Waals surface area contributed by atoms with Gasteiger partial charge in [0.05, 0.1) is 12.5 Å². The summed E-state index contributed by atoms with van der Waals surface area (Å²) in [6, 6.07) is 5.29. The van der Waals surface area contributed by atoms with Crippen LogP contribution in [0.4, 0.5) is 0 Å². The lowest BCUT2D eigenvalue weighted by molar-refractivity contribution is 0.0316. The molecule has 0 bridgehead atoms. The number of aromatic nitrogens is 2. The standard InChI is InChI=1S/C19H20N2O4S2/c1-9-11(3)27-18-15(9)17(22)20-16(21-18)10(2)25-19(23)13-7-6-12(26-5)8-14(13)24-4/h6-8,10H,1-5H3,(H,20,21,22)/t10-/m1/s1. The molecule has 0 saturated carbocycles. The first-order valence-corrected chi connectivity index (χ1v) is 10.3. The molecule has 0 aliphatic heterocycles. The largest absolute Gasteiger partial charge is 0.496 e. The molecular weight excluding hydrogens is 384 g/mol. The predicted molar refractivity (Wildman–Crippen MR) is 108 cm³/mol. The Morgan fingerprint density at radius 1 is 1.33 bits per heavy atom. The summed E-state index contributed by atoms with van der Waals surface area (Å²) in [6.07, 6.45) is 1.24. The summed E-state index contributed by atoms with van der Waals surface area (Å²) in [4.78, 5) is 34.9. The van der Waals surface area contributed by atoms with Crippen LogP contribution >= 0.6 is 23.1 Å². The van der Waals surface area contributed by atoms with Crippen molar-refractivity contribution >= 4 is 39.3 Å². The summed E-state index contributed by atoms with van der Waals surface area (Å²) in [7, 11) is 1.51. The maximum Gasteiger partial charge on any atom is 0.342 e. The Morgan fingerprint density at radius 2 is 2.07 bits per heavy atom. The van der Waals surface area contributed by atoms with Crippen LogP contribution in [0.15, 0.2) is 27.9 Å². The van der Waals surface area contributed by atoms with E-state index in [9.17, 15) is 9.59 Å². The molecule has 2 aromatic heterocycles. The lowest BCUT2D eigenvalue weighted by Gasteiger charge is -2.14. The molecule has 6 nitrogen and oxygen atoms in total. The van der Waals surface area contributed by atoms with Crippen LogP contribution in [-0.4, -0.2) is 29.3 Å². The van der Waals surface area contributed by atoms with Crippen molar-refractivity contribution in [3.63, 3.8) is 0 Å². The van der Waals surface area contributed by atoms with E-state index in [2.05, 4.69) is 9.97 Å². The number of aryl methyl sites for hydroxylation is 2. The molecule has 0 radical (unpaired) electrons. The lowest BCUT2D eigenvalue weighted by Crippen LogP contribution is -2.17. The van der Waals surface area contributed by atoms with Gasteiger partial charge in [0.25, 0.3) is 5.56 Å². The minimum Gasteiger partial charge on any atom is -0.496 e. The van der Waals surface area contributed by atoms with Crippen molar-refractivity contribution < 1.29 is 14.3 Å². The normalized spacial score (nSPS) is 12.2. The molecule has 2 heterocycles. The zero-order chi connectivity index (χ0) is 19.7. The van der Waals surface area contributed by atoms with E-state index in [1.807, 2.05) is 26.2 Å². The molecule has 0 amide bonds. The van der Waals surface area contributed by atoms with Gasteiger partial charge in [-0.2, -0.15) is 0 Å². The minimum absolute atomic E-state index is 0.221. The van der Waals surface area contributed by atoms with Gasteiger partial charge in [-0.05, 0) is 50.8 Å². The zero-order valence-electron chi connectivity index (χ0n) is 15.7. The third-order valence-corrected chi connectivity index (χ3v) is 6.18. The highest BCUT2D eigenvalue weighted by Crippen LogP contribution is 2.29. The van der Waals surface area contributed by atoms with Crippen LogP contribution in [-0.2, 0) is 4.74 Å². The van der Waals surface area contributed by atoms with Crippen molar-refractivity contribution in [1.82, 2.24) is 9.97 Å². The van der Waals surface area contributed by atoms with Gasteiger partial charge in [-0.25, -0.2) is 9.78 Å². The zero-order valence-corrected chi connectivity index (χ0v) is 17.3. The van der Waals surface area contributed by atoms with E-state index in [1.54, 1.807) is 30.8 Å². The lowest BCUT2D eigenvalue weighted by atomic mass is 10.2. The van der Waals surface area contributed by atoms with E-state index >= 15 is 0 Å². The number of methoxy groups -OCH3 is 1. The van der Waals surface area contributed by atoms with Crippen molar-refractivity contribution in [2.45, 2.75) is 31.8 Å². The number of thiophene rings is 1. The first-order chi connectivity index (χ1) is 12.8. The van der Waals surface area contributed by atoms with Gasteiger partial charge in [-0.3, -0.25) is 4.79 Å². The molecule has 0 saturated heterocycles. The average Bonchev–Trinajstić information content (AvgIpc) is 2.95. The highest BCUT2D eigenvalue weighted by molar-refractivity contribution is 7.98. The summed E-state index contributed by atoms with van der Waals surface area (Å²) in [5.74, 6) is 0.232. The number of carbonyl (C=O) groups excluding carboxylic acids is 1. The molecule has 0 spiro atoms. The van der Waals surface area contributed by atoms with Gasteiger partial charge in [0.2, 0.25) is 0 Å². The van der Waals surface area contributed by atoms with Crippen molar-refractivity contribution in [3.8, 4) is 5.75 Å². The second-order valence-corrected chi connectivity index (χ2v) is 8.11. The van der Waals surface area contributed by atoms with Crippen LogP contribution in [0, 0.1) is 13.8 Å².